The Morgan fingerprint density at radius 1 is 1.42 bits per heavy atom. The number of thiazole rings is 1. The SMILES string of the molecule is Cc1cc(N)cc2sc(NC(=O)OC(C)(C)C)nc12. The fraction of sp³-hybridized carbons (Fsp3) is 0.385. The Balaban J connectivity index is 2.23. The van der Waals surface area contributed by atoms with E-state index in [0.29, 0.717) is 10.8 Å². The number of ether oxygens (including phenoxy) is 1. The van der Waals surface area contributed by atoms with Gasteiger partial charge in [-0.05, 0) is 45.4 Å². The summed E-state index contributed by atoms with van der Waals surface area (Å²) in [5.74, 6) is 0. The first kappa shape index (κ1) is 13.6. The lowest BCUT2D eigenvalue weighted by molar-refractivity contribution is 0.0636. The summed E-state index contributed by atoms with van der Waals surface area (Å²) >= 11 is 1.38. The van der Waals surface area contributed by atoms with Crippen LogP contribution in [-0.4, -0.2) is 16.7 Å². The molecular formula is C13H17N3O2S. The molecule has 2 aromatic rings. The van der Waals surface area contributed by atoms with Crippen LogP contribution in [0.4, 0.5) is 15.6 Å². The number of aromatic nitrogens is 1. The van der Waals surface area contributed by atoms with Crippen molar-refractivity contribution in [1.82, 2.24) is 4.98 Å². The summed E-state index contributed by atoms with van der Waals surface area (Å²) in [6, 6.07) is 3.71. The molecule has 0 aliphatic rings. The molecule has 6 heteroatoms. The second-order valence-electron chi connectivity index (χ2n) is 5.33. The number of hydrogen-bond donors (Lipinski definition) is 2. The Kier molecular flexibility index (Phi) is 3.36. The Morgan fingerprint density at radius 3 is 2.74 bits per heavy atom. The molecule has 1 amide bonds. The Labute approximate surface area is 115 Å². The van der Waals surface area contributed by atoms with E-state index < -0.39 is 11.7 Å². The molecule has 0 saturated carbocycles. The van der Waals surface area contributed by atoms with E-state index in [9.17, 15) is 4.79 Å². The highest BCUT2D eigenvalue weighted by Crippen LogP contribution is 2.30. The summed E-state index contributed by atoms with van der Waals surface area (Å²) in [4.78, 5) is 16.0. The molecule has 0 aliphatic carbocycles. The number of rotatable bonds is 1. The predicted octanol–water partition coefficient (Wildman–Crippen LogP) is 3.53. The molecule has 1 aromatic carbocycles. The number of fused-ring (bicyclic) bond motifs is 1. The van der Waals surface area contributed by atoms with Gasteiger partial charge in [-0.2, -0.15) is 0 Å². The van der Waals surface area contributed by atoms with Crippen molar-refractivity contribution in [3.63, 3.8) is 0 Å². The minimum Gasteiger partial charge on any atom is -0.444 e. The number of benzene rings is 1. The fourth-order valence-corrected chi connectivity index (χ4v) is 2.65. The molecule has 0 saturated heterocycles. The number of carbonyl (C=O) groups excluding carboxylic acids is 1. The van der Waals surface area contributed by atoms with Crippen LogP contribution in [0.2, 0.25) is 0 Å². The van der Waals surface area contributed by atoms with Crippen LogP contribution in [0.25, 0.3) is 10.2 Å². The minimum absolute atomic E-state index is 0.503. The van der Waals surface area contributed by atoms with Crippen molar-refractivity contribution >= 4 is 38.5 Å². The van der Waals surface area contributed by atoms with Crippen LogP contribution in [0.15, 0.2) is 12.1 Å². The Hall–Kier alpha value is -1.82. The molecular weight excluding hydrogens is 262 g/mol. The number of carbonyl (C=O) groups is 1. The summed E-state index contributed by atoms with van der Waals surface area (Å²) < 4.78 is 6.13. The van der Waals surface area contributed by atoms with Gasteiger partial charge in [0.1, 0.15) is 5.60 Å². The number of hydrogen-bond acceptors (Lipinski definition) is 5. The molecule has 0 atom stereocenters. The second kappa shape index (κ2) is 4.70. The number of amides is 1. The highest BCUT2D eigenvalue weighted by Gasteiger charge is 2.17. The van der Waals surface area contributed by atoms with Gasteiger partial charge in [-0.3, -0.25) is 5.32 Å². The zero-order valence-electron chi connectivity index (χ0n) is 11.4. The van der Waals surface area contributed by atoms with Crippen molar-refractivity contribution in [3.05, 3.63) is 17.7 Å². The molecule has 0 radical (unpaired) electrons. The zero-order valence-corrected chi connectivity index (χ0v) is 12.2. The van der Waals surface area contributed by atoms with Crippen LogP contribution in [0.5, 0.6) is 0 Å². The number of aryl methyl sites for hydroxylation is 1. The summed E-state index contributed by atoms with van der Waals surface area (Å²) in [7, 11) is 0. The van der Waals surface area contributed by atoms with Crippen LogP contribution in [0.1, 0.15) is 26.3 Å². The standard InChI is InChI=1S/C13H17N3O2S/c1-7-5-8(14)6-9-10(7)15-11(19-9)16-12(17)18-13(2,3)4/h5-6H,14H2,1-4H3,(H,15,16,17). The van der Waals surface area contributed by atoms with Gasteiger partial charge in [0.25, 0.3) is 0 Å². The Morgan fingerprint density at radius 2 is 2.11 bits per heavy atom. The van der Waals surface area contributed by atoms with Crippen LogP contribution in [0, 0.1) is 6.92 Å². The first-order chi connectivity index (χ1) is 8.74. The van der Waals surface area contributed by atoms with E-state index >= 15 is 0 Å². The van der Waals surface area contributed by atoms with Crippen molar-refractivity contribution < 1.29 is 9.53 Å². The fourth-order valence-electron chi connectivity index (χ4n) is 1.67. The first-order valence-electron chi connectivity index (χ1n) is 5.91. The van der Waals surface area contributed by atoms with Crippen LogP contribution >= 0.6 is 11.3 Å². The van der Waals surface area contributed by atoms with Gasteiger partial charge in [-0.1, -0.05) is 11.3 Å². The van der Waals surface area contributed by atoms with Gasteiger partial charge in [-0.25, -0.2) is 9.78 Å². The molecule has 0 spiro atoms. The van der Waals surface area contributed by atoms with Gasteiger partial charge >= 0.3 is 6.09 Å². The lowest BCUT2D eigenvalue weighted by Gasteiger charge is -2.18. The van der Waals surface area contributed by atoms with Crippen molar-refractivity contribution in [1.29, 1.82) is 0 Å². The van der Waals surface area contributed by atoms with Crippen molar-refractivity contribution in [2.75, 3.05) is 11.1 Å². The van der Waals surface area contributed by atoms with Gasteiger partial charge in [-0.15, -0.1) is 0 Å². The van der Waals surface area contributed by atoms with E-state index in [2.05, 4.69) is 10.3 Å². The molecule has 0 bridgehead atoms. The lowest BCUT2D eigenvalue weighted by Crippen LogP contribution is -2.27. The third-order valence-corrected chi connectivity index (χ3v) is 3.23. The molecule has 1 aromatic heterocycles. The molecule has 0 unspecified atom stereocenters. The molecule has 1 heterocycles. The van der Waals surface area contributed by atoms with Crippen molar-refractivity contribution in [2.45, 2.75) is 33.3 Å². The molecule has 102 valence electrons. The van der Waals surface area contributed by atoms with Gasteiger partial charge in [0.2, 0.25) is 0 Å². The highest BCUT2D eigenvalue weighted by atomic mass is 32.1. The summed E-state index contributed by atoms with van der Waals surface area (Å²) in [5, 5.41) is 3.15. The van der Waals surface area contributed by atoms with Crippen LogP contribution in [-0.2, 0) is 4.74 Å². The number of nitrogens with zero attached hydrogens (tertiary/aromatic N) is 1. The Bertz CT molecular complexity index is 629. The molecule has 19 heavy (non-hydrogen) atoms. The molecule has 0 aliphatic heterocycles. The minimum atomic E-state index is -0.527. The largest absolute Gasteiger partial charge is 0.444 e. The maximum atomic E-state index is 11.7. The number of anilines is 2. The number of nitrogens with one attached hydrogen (secondary N) is 1. The maximum Gasteiger partial charge on any atom is 0.413 e. The quantitative estimate of drug-likeness (QED) is 0.783. The molecule has 5 nitrogen and oxygen atoms in total. The van der Waals surface area contributed by atoms with E-state index in [1.807, 2.05) is 39.8 Å². The first-order valence-corrected chi connectivity index (χ1v) is 6.73. The van der Waals surface area contributed by atoms with Crippen molar-refractivity contribution in [2.24, 2.45) is 0 Å². The van der Waals surface area contributed by atoms with E-state index in [-0.39, 0.29) is 0 Å². The average Bonchev–Trinajstić information content (AvgIpc) is 2.56. The summed E-state index contributed by atoms with van der Waals surface area (Å²) in [6.07, 6.45) is -0.503. The summed E-state index contributed by atoms with van der Waals surface area (Å²) in [6.45, 7) is 7.39. The predicted molar refractivity (Wildman–Crippen MR) is 78.6 cm³/mol. The number of nitrogens with two attached hydrogens (primary N) is 1. The monoisotopic (exact) mass is 279 g/mol. The second-order valence-corrected chi connectivity index (χ2v) is 6.36. The van der Waals surface area contributed by atoms with Crippen LogP contribution in [0.3, 0.4) is 0 Å². The number of nitrogen functional groups attached to an aromatic ring is 1. The highest BCUT2D eigenvalue weighted by molar-refractivity contribution is 7.22. The van der Waals surface area contributed by atoms with Gasteiger partial charge in [0, 0.05) is 5.69 Å². The molecule has 2 rings (SSSR count). The van der Waals surface area contributed by atoms with Crippen LogP contribution < -0.4 is 11.1 Å². The smallest absolute Gasteiger partial charge is 0.413 e. The van der Waals surface area contributed by atoms with E-state index in [4.69, 9.17) is 10.5 Å². The van der Waals surface area contributed by atoms with Gasteiger partial charge in [0.15, 0.2) is 5.13 Å². The van der Waals surface area contributed by atoms with Gasteiger partial charge < -0.3 is 10.5 Å². The third-order valence-electron chi connectivity index (χ3n) is 2.32. The summed E-state index contributed by atoms with van der Waals surface area (Å²) in [5.41, 5.74) is 7.79. The lowest BCUT2D eigenvalue weighted by atomic mass is 10.2. The third kappa shape index (κ3) is 3.35. The molecule has 3 N–H and O–H groups in total. The van der Waals surface area contributed by atoms with E-state index in [1.54, 1.807) is 0 Å². The van der Waals surface area contributed by atoms with E-state index in [1.165, 1.54) is 11.3 Å². The zero-order chi connectivity index (χ0) is 14.2. The topological polar surface area (TPSA) is 77.2 Å². The maximum absolute atomic E-state index is 11.7. The molecule has 0 fully saturated rings. The average molecular weight is 279 g/mol. The van der Waals surface area contributed by atoms with E-state index in [0.717, 1.165) is 15.8 Å². The van der Waals surface area contributed by atoms with Crippen molar-refractivity contribution in [3.8, 4) is 0 Å². The van der Waals surface area contributed by atoms with Gasteiger partial charge in [0.05, 0.1) is 10.2 Å². The normalized spacial score (nSPS) is 11.6.